The van der Waals surface area contributed by atoms with Crippen LogP contribution in [0.5, 0.6) is 0 Å². The summed E-state index contributed by atoms with van der Waals surface area (Å²) in [6.07, 6.45) is 0. The maximum atomic E-state index is 13.1. The first-order chi connectivity index (χ1) is 14.5. The van der Waals surface area contributed by atoms with Crippen LogP contribution in [-0.4, -0.2) is 25.8 Å². The van der Waals surface area contributed by atoms with Crippen LogP contribution in [0, 0.1) is 5.82 Å². The molecule has 2 aromatic heterocycles. The summed E-state index contributed by atoms with van der Waals surface area (Å²) in [5, 5.41) is 11.2. The van der Waals surface area contributed by atoms with E-state index in [0.29, 0.717) is 16.3 Å². The maximum Gasteiger partial charge on any atom is 0.278 e. The molecular weight excluding hydrogens is 413 g/mol. The lowest BCUT2D eigenvalue weighted by molar-refractivity contribution is -0.117. The first kappa shape index (κ1) is 19.5. The summed E-state index contributed by atoms with van der Waals surface area (Å²) in [4.78, 5) is 28.6. The number of rotatable bonds is 5. The van der Waals surface area contributed by atoms with Crippen LogP contribution in [0.3, 0.4) is 0 Å². The molecule has 1 amide bonds. The zero-order chi connectivity index (χ0) is 21.1. The molecule has 1 N–H and O–H groups in total. The second-order valence-electron chi connectivity index (χ2n) is 6.20. The Morgan fingerprint density at radius 1 is 1.07 bits per heavy atom. The number of nitrogens with zero attached hydrogens (tertiary/aromatic N) is 4. The van der Waals surface area contributed by atoms with E-state index in [4.69, 9.17) is 16.1 Å². The average Bonchev–Trinajstić information content (AvgIpc) is 3.22. The van der Waals surface area contributed by atoms with E-state index < -0.39 is 11.5 Å². The van der Waals surface area contributed by atoms with Crippen LogP contribution < -0.4 is 10.9 Å². The summed E-state index contributed by atoms with van der Waals surface area (Å²) in [5.74, 6) is -0.527. The normalized spacial score (nSPS) is 10.7. The Morgan fingerprint density at radius 3 is 2.53 bits per heavy atom. The molecule has 0 bridgehead atoms. The second-order valence-corrected chi connectivity index (χ2v) is 6.64. The molecule has 0 radical (unpaired) electrons. The third kappa shape index (κ3) is 4.41. The van der Waals surface area contributed by atoms with Crippen molar-refractivity contribution in [2.75, 3.05) is 5.32 Å². The third-order valence-corrected chi connectivity index (χ3v) is 4.29. The summed E-state index contributed by atoms with van der Waals surface area (Å²) >= 11 is 5.82. The van der Waals surface area contributed by atoms with Crippen molar-refractivity contribution in [2.24, 2.45) is 0 Å². The van der Waals surface area contributed by atoms with Crippen molar-refractivity contribution in [3.8, 4) is 23.0 Å². The lowest BCUT2D eigenvalue weighted by Crippen LogP contribution is -2.29. The molecule has 0 saturated heterocycles. The molecule has 2 aromatic carbocycles. The minimum Gasteiger partial charge on any atom is -0.332 e. The molecule has 0 spiro atoms. The number of halogens is 2. The third-order valence-electron chi connectivity index (χ3n) is 4.04. The van der Waals surface area contributed by atoms with Crippen molar-refractivity contribution in [3.05, 3.63) is 81.9 Å². The van der Waals surface area contributed by atoms with Crippen LogP contribution in [-0.2, 0) is 11.3 Å². The van der Waals surface area contributed by atoms with Gasteiger partial charge in [0.05, 0.1) is 0 Å². The molecule has 30 heavy (non-hydrogen) atoms. The van der Waals surface area contributed by atoms with Gasteiger partial charge in [0.2, 0.25) is 11.7 Å². The van der Waals surface area contributed by atoms with E-state index in [0.717, 1.165) is 4.68 Å². The van der Waals surface area contributed by atoms with Crippen molar-refractivity contribution >= 4 is 23.2 Å². The van der Waals surface area contributed by atoms with E-state index in [1.807, 2.05) is 0 Å². The number of nitrogens with one attached hydrogen (secondary N) is 1. The van der Waals surface area contributed by atoms with Crippen LogP contribution in [0.15, 0.2) is 70.0 Å². The van der Waals surface area contributed by atoms with Gasteiger partial charge in [-0.25, -0.2) is 9.07 Å². The van der Waals surface area contributed by atoms with Gasteiger partial charge in [0, 0.05) is 22.3 Å². The predicted molar refractivity (Wildman–Crippen MR) is 107 cm³/mol. The quantitative estimate of drug-likeness (QED) is 0.525. The van der Waals surface area contributed by atoms with Crippen molar-refractivity contribution < 1.29 is 13.7 Å². The van der Waals surface area contributed by atoms with Gasteiger partial charge in [0.15, 0.2) is 0 Å². The van der Waals surface area contributed by atoms with Crippen molar-refractivity contribution in [1.29, 1.82) is 0 Å². The fourth-order valence-corrected chi connectivity index (χ4v) is 2.72. The lowest BCUT2D eigenvalue weighted by atomic mass is 10.2. The Kier molecular flexibility index (Phi) is 5.36. The van der Waals surface area contributed by atoms with E-state index in [2.05, 4.69) is 20.6 Å². The van der Waals surface area contributed by atoms with Gasteiger partial charge in [-0.15, -0.1) is 0 Å². The smallest absolute Gasteiger partial charge is 0.278 e. The van der Waals surface area contributed by atoms with Crippen LogP contribution in [0.4, 0.5) is 10.1 Å². The summed E-state index contributed by atoms with van der Waals surface area (Å²) < 4.78 is 19.3. The first-order valence-corrected chi connectivity index (χ1v) is 9.09. The Hall–Kier alpha value is -3.85. The Labute approximate surface area is 173 Å². The summed E-state index contributed by atoms with van der Waals surface area (Å²) in [6, 6.07) is 14.8. The zero-order valence-corrected chi connectivity index (χ0v) is 16.0. The molecule has 0 fully saturated rings. The maximum absolute atomic E-state index is 13.1. The van der Waals surface area contributed by atoms with E-state index >= 15 is 0 Å². The number of carbonyl (C=O) groups is 1. The van der Waals surface area contributed by atoms with Gasteiger partial charge in [0.25, 0.3) is 11.4 Å². The Morgan fingerprint density at radius 2 is 1.80 bits per heavy atom. The molecule has 10 heteroatoms. The number of carbonyl (C=O) groups excluding carboxylic acids is 1. The van der Waals surface area contributed by atoms with Gasteiger partial charge in [-0.3, -0.25) is 9.59 Å². The Bertz CT molecular complexity index is 1250. The van der Waals surface area contributed by atoms with Gasteiger partial charge in [-0.1, -0.05) is 16.8 Å². The highest BCUT2D eigenvalue weighted by molar-refractivity contribution is 6.30. The van der Waals surface area contributed by atoms with Crippen molar-refractivity contribution in [3.63, 3.8) is 0 Å². The van der Waals surface area contributed by atoms with Crippen LogP contribution in [0.25, 0.3) is 23.0 Å². The standard InChI is InChI=1S/C20H13ClFN5O3/c21-13-3-7-15(8-4-13)23-17(28)11-27-18(29)10-9-16(25-27)20-24-19(26-30-20)12-1-5-14(22)6-2-12/h1-10H,11H2,(H,23,28). The molecule has 8 nitrogen and oxygen atoms in total. The molecule has 0 saturated carbocycles. The highest BCUT2D eigenvalue weighted by Gasteiger charge is 2.14. The molecule has 0 unspecified atom stereocenters. The number of aromatic nitrogens is 4. The van der Waals surface area contributed by atoms with E-state index in [1.54, 1.807) is 24.3 Å². The monoisotopic (exact) mass is 425 g/mol. The van der Waals surface area contributed by atoms with E-state index in [1.165, 1.54) is 36.4 Å². The first-order valence-electron chi connectivity index (χ1n) is 8.71. The number of amides is 1. The number of hydrogen-bond acceptors (Lipinski definition) is 6. The van der Waals surface area contributed by atoms with Crippen molar-refractivity contribution in [1.82, 2.24) is 19.9 Å². The summed E-state index contributed by atoms with van der Waals surface area (Å²) in [5.41, 5.74) is 0.842. The van der Waals surface area contributed by atoms with Gasteiger partial charge >= 0.3 is 0 Å². The molecular formula is C20H13ClFN5O3. The van der Waals surface area contributed by atoms with E-state index in [-0.39, 0.29) is 29.8 Å². The van der Waals surface area contributed by atoms with E-state index in [9.17, 15) is 14.0 Å². The summed E-state index contributed by atoms with van der Waals surface area (Å²) in [6.45, 7) is -0.311. The minimum absolute atomic E-state index is 0.0567. The van der Waals surface area contributed by atoms with Gasteiger partial charge in [0.1, 0.15) is 18.1 Å². The predicted octanol–water partition coefficient (Wildman–Crippen LogP) is 3.39. The highest BCUT2D eigenvalue weighted by Crippen LogP contribution is 2.20. The SMILES string of the molecule is O=C(Cn1nc(-c2nc(-c3ccc(F)cc3)no2)ccc1=O)Nc1ccc(Cl)cc1. The number of hydrogen-bond donors (Lipinski definition) is 1. The number of benzene rings is 2. The Balaban J connectivity index is 1.53. The van der Waals surface area contributed by atoms with Gasteiger partial charge in [-0.05, 0) is 54.6 Å². The molecule has 4 aromatic rings. The van der Waals surface area contributed by atoms with Crippen LogP contribution in [0.1, 0.15) is 0 Å². The molecule has 0 aliphatic carbocycles. The van der Waals surface area contributed by atoms with Gasteiger partial charge in [-0.2, -0.15) is 10.1 Å². The van der Waals surface area contributed by atoms with Crippen molar-refractivity contribution in [2.45, 2.75) is 6.54 Å². The fourth-order valence-electron chi connectivity index (χ4n) is 2.59. The molecule has 0 aliphatic heterocycles. The minimum atomic E-state index is -0.469. The van der Waals surface area contributed by atoms with Crippen LogP contribution in [0.2, 0.25) is 5.02 Å². The summed E-state index contributed by atoms with van der Waals surface area (Å²) in [7, 11) is 0. The number of anilines is 1. The topological polar surface area (TPSA) is 103 Å². The molecule has 0 aliphatic rings. The van der Waals surface area contributed by atoms with Gasteiger partial charge < -0.3 is 9.84 Å². The van der Waals surface area contributed by atoms with Crippen LogP contribution >= 0.6 is 11.6 Å². The molecule has 2 heterocycles. The highest BCUT2D eigenvalue weighted by atomic mass is 35.5. The average molecular weight is 426 g/mol. The molecule has 150 valence electrons. The largest absolute Gasteiger partial charge is 0.332 e. The lowest BCUT2D eigenvalue weighted by Gasteiger charge is -2.07. The second kappa shape index (κ2) is 8.26. The fraction of sp³-hybridized carbons (Fsp3) is 0.0500. The molecule has 4 rings (SSSR count). The molecule has 0 atom stereocenters. The zero-order valence-electron chi connectivity index (χ0n) is 15.3.